The maximum Gasteiger partial charge on any atom is 0.129 e. The summed E-state index contributed by atoms with van der Waals surface area (Å²) in [5.41, 5.74) is 0.589. The van der Waals surface area contributed by atoms with Crippen LogP contribution in [0.3, 0.4) is 0 Å². The monoisotopic (exact) mass is 263 g/mol. The minimum Gasteiger partial charge on any atom is -0.310 e. The Morgan fingerprint density at radius 2 is 2.00 bits per heavy atom. The Labute approximate surface area is 107 Å². The number of hydrogen-bond acceptors (Lipinski definition) is 1. The van der Waals surface area contributed by atoms with Crippen LogP contribution in [0.25, 0.3) is 0 Å². The first-order chi connectivity index (χ1) is 7.27. The Kier molecular flexibility index (Phi) is 5.53. The van der Waals surface area contributed by atoms with Crippen LogP contribution in [-0.4, -0.2) is 6.04 Å². The lowest BCUT2D eigenvalue weighted by Gasteiger charge is -2.13. The molecule has 0 amide bonds. The highest BCUT2D eigenvalue weighted by atomic mass is 35.5. The number of halogens is 3. The molecule has 90 valence electrons. The third-order valence-corrected chi connectivity index (χ3v) is 3.34. The molecule has 1 fully saturated rings. The van der Waals surface area contributed by atoms with Crippen molar-refractivity contribution < 1.29 is 4.39 Å². The maximum atomic E-state index is 13.4. The van der Waals surface area contributed by atoms with Crippen LogP contribution in [0, 0.1) is 5.82 Å². The highest BCUT2D eigenvalue weighted by Gasteiger charge is 2.15. The van der Waals surface area contributed by atoms with Crippen LogP contribution < -0.4 is 5.32 Å². The molecule has 0 radical (unpaired) electrons. The molecule has 0 atom stereocenters. The Balaban J connectivity index is 0.00000128. The van der Waals surface area contributed by atoms with Crippen molar-refractivity contribution in [3.8, 4) is 0 Å². The number of benzene rings is 1. The van der Waals surface area contributed by atoms with Crippen LogP contribution in [0.5, 0.6) is 0 Å². The summed E-state index contributed by atoms with van der Waals surface area (Å²) in [5.74, 6) is -0.215. The van der Waals surface area contributed by atoms with Gasteiger partial charge in [0.1, 0.15) is 5.82 Å². The first-order valence-corrected chi connectivity index (χ1v) is 5.81. The van der Waals surface area contributed by atoms with Crippen molar-refractivity contribution in [2.75, 3.05) is 0 Å². The minimum atomic E-state index is -0.215. The lowest BCUT2D eigenvalue weighted by Crippen LogP contribution is -2.25. The summed E-state index contributed by atoms with van der Waals surface area (Å²) in [4.78, 5) is 0. The zero-order valence-corrected chi connectivity index (χ0v) is 10.6. The maximum absolute atomic E-state index is 13.4. The fourth-order valence-corrected chi connectivity index (χ4v) is 2.31. The summed E-state index contributed by atoms with van der Waals surface area (Å²) < 4.78 is 13.4. The van der Waals surface area contributed by atoms with Gasteiger partial charge in [-0.25, -0.2) is 4.39 Å². The molecule has 1 aliphatic carbocycles. The largest absolute Gasteiger partial charge is 0.310 e. The van der Waals surface area contributed by atoms with Gasteiger partial charge in [0.2, 0.25) is 0 Å². The van der Waals surface area contributed by atoms with Crippen molar-refractivity contribution in [1.82, 2.24) is 5.32 Å². The average molecular weight is 264 g/mol. The van der Waals surface area contributed by atoms with Gasteiger partial charge in [-0.05, 0) is 25.0 Å². The quantitative estimate of drug-likeness (QED) is 0.872. The zero-order valence-electron chi connectivity index (χ0n) is 9.01. The lowest BCUT2D eigenvalue weighted by atomic mass is 10.2. The zero-order chi connectivity index (χ0) is 10.7. The molecule has 0 bridgehead atoms. The highest BCUT2D eigenvalue weighted by molar-refractivity contribution is 6.31. The molecule has 0 aromatic heterocycles. The van der Waals surface area contributed by atoms with E-state index in [1.165, 1.54) is 31.7 Å². The molecule has 1 aromatic carbocycles. The summed E-state index contributed by atoms with van der Waals surface area (Å²) in [7, 11) is 0. The number of rotatable bonds is 3. The van der Waals surface area contributed by atoms with Gasteiger partial charge >= 0.3 is 0 Å². The Bertz CT molecular complexity index is 318. The normalized spacial score (nSPS) is 16.1. The predicted molar refractivity (Wildman–Crippen MR) is 67.8 cm³/mol. The third-order valence-electron chi connectivity index (χ3n) is 2.98. The van der Waals surface area contributed by atoms with Crippen LogP contribution in [0.4, 0.5) is 4.39 Å². The fourth-order valence-electron chi connectivity index (χ4n) is 2.08. The third kappa shape index (κ3) is 3.34. The summed E-state index contributed by atoms with van der Waals surface area (Å²) in [5, 5.41) is 3.87. The topological polar surface area (TPSA) is 12.0 Å². The van der Waals surface area contributed by atoms with Crippen molar-refractivity contribution in [3.63, 3.8) is 0 Å². The van der Waals surface area contributed by atoms with Gasteiger partial charge in [0.05, 0.1) is 0 Å². The van der Waals surface area contributed by atoms with Gasteiger partial charge in [0, 0.05) is 23.2 Å². The highest BCUT2D eigenvalue weighted by Crippen LogP contribution is 2.21. The van der Waals surface area contributed by atoms with E-state index in [2.05, 4.69) is 5.32 Å². The second kappa shape index (κ2) is 6.43. The molecule has 1 nitrogen and oxygen atoms in total. The Morgan fingerprint density at radius 1 is 1.31 bits per heavy atom. The molecule has 4 heteroatoms. The lowest BCUT2D eigenvalue weighted by molar-refractivity contribution is 0.509. The van der Waals surface area contributed by atoms with E-state index in [0.717, 1.165) is 0 Å². The van der Waals surface area contributed by atoms with Gasteiger partial charge in [-0.2, -0.15) is 0 Å². The summed E-state index contributed by atoms with van der Waals surface area (Å²) in [6.07, 6.45) is 4.96. The molecule has 2 rings (SSSR count). The van der Waals surface area contributed by atoms with E-state index in [-0.39, 0.29) is 18.2 Å². The molecular weight excluding hydrogens is 248 g/mol. The van der Waals surface area contributed by atoms with Crippen LogP contribution in [0.1, 0.15) is 31.2 Å². The van der Waals surface area contributed by atoms with Crippen molar-refractivity contribution in [3.05, 3.63) is 34.6 Å². The number of hydrogen-bond donors (Lipinski definition) is 1. The molecule has 1 aromatic rings. The van der Waals surface area contributed by atoms with E-state index in [9.17, 15) is 4.39 Å². The van der Waals surface area contributed by atoms with Crippen molar-refractivity contribution >= 4 is 24.0 Å². The molecule has 0 heterocycles. The Morgan fingerprint density at radius 3 is 2.62 bits per heavy atom. The molecule has 0 saturated heterocycles. The van der Waals surface area contributed by atoms with E-state index in [1.807, 2.05) is 0 Å². The van der Waals surface area contributed by atoms with Crippen molar-refractivity contribution in [2.45, 2.75) is 38.3 Å². The molecule has 0 aliphatic heterocycles. The van der Waals surface area contributed by atoms with Gasteiger partial charge in [0.15, 0.2) is 0 Å². The van der Waals surface area contributed by atoms with E-state index >= 15 is 0 Å². The van der Waals surface area contributed by atoms with Gasteiger partial charge in [0.25, 0.3) is 0 Å². The smallest absolute Gasteiger partial charge is 0.129 e. The van der Waals surface area contributed by atoms with Crippen LogP contribution >= 0.6 is 24.0 Å². The number of nitrogens with one attached hydrogen (secondary N) is 1. The van der Waals surface area contributed by atoms with Gasteiger partial charge in [-0.3, -0.25) is 0 Å². The first-order valence-electron chi connectivity index (χ1n) is 5.43. The van der Waals surface area contributed by atoms with Gasteiger partial charge in [-0.1, -0.05) is 30.5 Å². The fraction of sp³-hybridized carbons (Fsp3) is 0.500. The summed E-state index contributed by atoms with van der Waals surface area (Å²) >= 11 is 5.93. The van der Waals surface area contributed by atoms with Crippen LogP contribution in [0.15, 0.2) is 18.2 Å². The molecule has 0 spiro atoms. The Hall–Kier alpha value is -0.310. The molecule has 1 saturated carbocycles. The van der Waals surface area contributed by atoms with E-state index in [1.54, 1.807) is 12.1 Å². The van der Waals surface area contributed by atoms with Gasteiger partial charge in [-0.15, -0.1) is 12.4 Å². The second-order valence-electron chi connectivity index (χ2n) is 4.06. The van der Waals surface area contributed by atoms with Crippen LogP contribution in [0.2, 0.25) is 5.02 Å². The molecule has 16 heavy (non-hydrogen) atoms. The summed E-state index contributed by atoms with van der Waals surface area (Å²) in [6, 6.07) is 5.37. The standard InChI is InChI=1S/C12H15ClFN.ClH/c13-11-6-3-7-12(14)10(11)8-15-9-4-1-2-5-9;/h3,6-7,9,15H,1-2,4-5,8H2;1H. The average Bonchev–Trinajstić information content (AvgIpc) is 2.70. The molecule has 1 N–H and O–H groups in total. The molecular formula is C12H16Cl2FN. The van der Waals surface area contributed by atoms with E-state index in [4.69, 9.17) is 11.6 Å². The second-order valence-corrected chi connectivity index (χ2v) is 4.47. The van der Waals surface area contributed by atoms with Crippen molar-refractivity contribution in [1.29, 1.82) is 0 Å². The first kappa shape index (κ1) is 13.8. The summed E-state index contributed by atoms with van der Waals surface area (Å²) in [6.45, 7) is 0.538. The van der Waals surface area contributed by atoms with Crippen molar-refractivity contribution in [2.24, 2.45) is 0 Å². The molecule has 1 aliphatic rings. The molecule has 0 unspecified atom stereocenters. The van der Waals surface area contributed by atoms with Gasteiger partial charge < -0.3 is 5.32 Å². The van der Waals surface area contributed by atoms with E-state index in [0.29, 0.717) is 23.2 Å². The minimum absolute atomic E-state index is 0. The van der Waals surface area contributed by atoms with E-state index < -0.39 is 0 Å². The predicted octanol–water partition coefficient (Wildman–Crippen LogP) is 3.93. The van der Waals surface area contributed by atoms with Crippen LogP contribution in [-0.2, 0) is 6.54 Å². The SMILES string of the molecule is Cl.Fc1cccc(Cl)c1CNC1CCCC1.